The molecule has 0 aliphatic rings. The van der Waals surface area contributed by atoms with Gasteiger partial charge in [0.15, 0.2) is 0 Å². The smallest absolute Gasteiger partial charge is 0.355 e. The van der Waals surface area contributed by atoms with Crippen LogP contribution < -0.4 is 9.47 Å². The average molecular weight is 911 g/mol. The third kappa shape index (κ3) is 11.2. The van der Waals surface area contributed by atoms with E-state index in [-0.39, 0.29) is 24.4 Å². The van der Waals surface area contributed by atoms with Crippen molar-refractivity contribution in [2.45, 2.75) is 59.7 Å². The summed E-state index contributed by atoms with van der Waals surface area (Å²) >= 11 is 0. The molecule has 0 bridgehead atoms. The molecule has 65 heavy (non-hydrogen) atoms. The van der Waals surface area contributed by atoms with E-state index in [0.717, 1.165) is 51.4 Å². The van der Waals surface area contributed by atoms with E-state index in [2.05, 4.69) is 77.2 Å². The fourth-order valence-corrected chi connectivity index (χ4v) is 8.07. The van der Waals surface area contributed by atoms with Crippen LogP contribution in [0.1, 0.15) is 51.5 Å². The minimum absolute atomic E-state index is 0.0866. The highest BCUT2D eigenvalue weighted by Crippen LogP contribution is 2.41. The number of nitrogens with zero attached hydrogens (tertiary/aromatic N) is 3. The Morgan fingerprint density at radius 2 is 1.25 bits per heavy atom. The molecule has 0 atom stereocenters. The van der Waals surface area contributed by atoms with Gasteiger partial charge in [-0.15, -0.1) is 11.1 Å². The van der Waals surface area contributed by atoms with Crippen molar-refractivity contribution in [1.29, 1.82) is 0 Å². The predicted molar refractivity (Wildman–Crippen MR) is 258 cm³/mol. The summed E-state index contributed by atoms with van der Waals surface area (Å²) in [6, 6.07) is 22.1. The number of halogens is 2. The summed E-state index contributed by atoms with van der Waals surface area (Å²) in [5, 5.41) is 1.59. The number of fused-ring (bicyclic) bond motifs is 2. The number of aromatic nitrogens is 4. The fourth-order valence-electron chi connectivity index (χ4n) is 7.03. The summed E-state index contributed by atoms with van der Waals surface area (Å²) in [7, 11) is -0.0735. The first-order chi connectivity index (χ1) is 31.0. The van der Waals surface area contributed by atoms with Gasteiger partial charge in [-0.05, 0) is 92.7 Å². The lowest BCUT2D eigenvalue weighted by Crippen LogP contribution is -2.16. The molecule has 0 unspecified atom stereocenters. The van der Waals surface area contributed by atoms with Crippen molar-refractivity contribution in [2.75, 3.05) is 27.4 Å². The van der Waals surface area contributed by atoms with Gasteiger partial charge in [-0.25, -0.2) is 28.3 Å². The lowest BCUT2D eigenvalue weighted by molar-refractivity contribution is 0.0508. The summed E-state index contributed by atoms with van der Waals surface area (Å²) in [4.78, 5) is 37.8. The minimum Gasteiger partial charge on any atom is -0.481 e. The number of benzene rings is 3. The molecular formula is C51H52F2N4O6Si2. The molecule has 4 aromatic heterocycles. The van der Waals surface area contributed by atoms with E-state index in [1.165, 1.54) is 7.11 Å². The number of hydrogen-bond donors (Lipinski definition) is 1. The molecule has 4 heterocycles. The highest BCUT2D eigenvalue weighted by Gasteiger charge is 2.28. The van der Waals surface area contributed by atoms with Crippen LogP contribution in [0.3, 0.4) is 0 Å². The van der Waals surface area contributed by atoms with Gasteiger partial charge in [-0.1, -0.05) is 51.1 Å². The monoisotopic (exact) mass is 910 g/mol. The Bertz CT molecular complexity index is 3030. The van der Waals surface area contributed by atoms with Gasteiger partial charge in [0.05, 0.1) is 34.0 Å². The maximum Gasteiger partial charge on any atom is 0.355 e. The highest BCUT2D eigenvalue weighted by atomic mass is 28.3. The van der Waals surface area contributed by atoms with Gasteiger partial charge in [0.1, 0.15) is 39.2 Å². The van der Waals surface area contributed by atoms with Crippen molar-refractivity contribution in [2.24, 2.45) is 0 Å². The normalized spacial score (nSPS) is 11.1. The topological polar surface area (TPSA) is 118 Å². The lowest BCUT2D eigenvalue weighted by atomic mass is 10.0. The number of hydrogen-bond acceptors (Lipinski definition) is 8. The zero-order valence-corrected chi connectivity index (χ0v) is 40.3. The summed E-state index contributed by atoms with van der Waals surface area (Å²) in [6.45, 7) is 17.0. The SMILES string of the molecule is CCOC(=O)c1[nH]c2ccc(C#C[Si](C)(C)C)cc2c1-c1cccnc1OC.CCOC(=O)c1c(-c2cccnc2OC)c2cc(C#C[Si](C)(C)C)ccc2n1Cc1cc(F)ccc1F. The van der Waals surface area contributed by atoms with Gasteiger partial charge < -0.3 is 28.5 Å². The van der Waals surface area contributed by atoms with Crippen LogP contribution in [-0.2, 0) is 16.0 Å². The van der Waals surface area contributed by atoms with Gasteiger partial charge in [0.25, 0.3) is 0 Å². The van der Waals surface area contributed by atoms with Crippen molar-refractivity contribution in [1.82, 2.24) is 19.5 Å². The number of carbonyl (C=O) groups is 2. The molecular weight excluding hydrogens is 859 g/mol. The fraction of sp³-hybridized carbons (Fsp3) is 0.255. The number of methoxy groups -OCH3 is 2. The summed E-state index contributed by atoms with van der Waals surface area (Å²) < 4.78 is 52.1. The van der Waals surface area contributed by atoms with E-state index in [0.29, 0.717) is 46.1 Å². The summed E-state index contributed by atoms with van der Waals surface area (Å²) in [5.74, 6) is 5.18. The van der Waals surface area contributed by atoms with Crippen LogP contribution in [0.2, 0.25) is 39.3 Å². The van der Waals surface area contributed by atoms with Gasteiger partial charge >= 0.3 is 11.9 Å². The van der Waals surface area contributed by atoms with E-state index in [9.17, 15) is 18.4 Å². The zero-order chi connectivity index (χ0) is 47.1. The van der Waals surface area contributed by atoms with Crippen LogP contribution in [0.15, 0.2) is 91.3 Å². The number of H-pyrrole nitrogens is 1. The second kappa shape index (κ2) is 20.2. The number of nitrogens with one attached hydrogen (secondary N) is 1. The van der Waals surface area contributed by atoms with Crippen LogP contribution >= 0.6 is 0 Å². The second-order valence-electron chi connectivity index (χ2n) is 17.0. The zero-order valence-electron chi connectivity index (χ0n) is 38.3. The molecule has 7 rings (SSSR count). The van der Waals surface area contributed by atoms with Gasteiger partial charge in [0.2, 0.25) is 11.8 Å². The Labute approximate surface area is 380 Å². The quantitative estimate of drug-likeness (QED) is 0.0819. The molecule has 14 heteroatoms. The molecule has 10 nitrogen and oxygen atoms in total. The van der Waals surface area contributed by atoms with Gasteiger partial charge in [-0.3, -0.25) is 0 Å². The molecule has 0 fully saturated rings. The maximum atomic E-state index is 14.7. The van der Waals surface area contributed by atoms with E-state index in [1.54, 1.807) is 50.1 Å². The van der Waals surface area contributed by atoms with E-state index in [1.807, 2.05) is 48.5 Å². The predicted octanol–water partition coefficient (Wildman–Crippen LogP) is 11.1. The lowest BCUT2D eigenvalue weighted by Gasteiger charge is -2.13. The highest BCUT2D eigenvalue weighted by molar-refractivity contribution is 6.84. The van der Waals surface area contributed by atoms with Crippen molar-refractivity contribution >= 4 is 49.9 Å². The molecule has 0 saturated carbocycles. The molecule has 3 aromatic carbocycles. The van der Waals surface area contributed by atoms with Crippen LogP contribution in [0.4, 0.5) is 8.78 Å². The Morgan fingerprint density at radius 3 is 1.82 bits per heavy atom. The standard InChI is InChI=1S/C29H28F2N2O3Si.C22H24N2O3Si/c1-6-36-29(34)27-26(22-8-7-14-32-28(22)35-2)23-16-19(13-15-37(3,4)5)9-12-25(23)33(27)18-20-17-21(30)10-11-24(20)31;1-6-27-22(25)20-19(16-8-7-12-23-21(16)26-2)17-14-15(9-10-18(17)24-20)11-13-28(3,4)5/h7-12,14,16-17H,6,18H2,1-5H3;7-10,12,14,24H,6H2,1-5H3. The maximum absolute atomic E-state index is 14.7. The molecule has 7 aromatic rings. The number of ether oxygens (including phenoxy) is 4. The first kappa shape index (κ1) is 47.5. The first-order valence-electron chi connectivity index (χ1n) is 21.1. The Hall–Kier alpha value is -7.01. The van der Waals surface area contributed by atoms with E-state index in [4.69, 9.17) is 18.9 Å². The largest absolute Gasteiger partial charge is 0.481 e. The number of pyridine rings is 2. The molecule has 1 N–H and O–H groups in total. The molecule has 0 spiro atoms. The minimum atomic E-state index is -1.64. The second-order valence-corrected chi connectivity index (χ2v) is 26.5. The summed E-state index contributed by atoms with van der Waals surface area (Å²) in [6.07, 6.45) is 3.25. The molecule has 334 valence electrons. The molecule has 0 radical (unpaired) electrons. The van der Waals surface area contributed by atoms with Gasteiger partial charge in [0, 0.05) is 73.1 Å². The van der Waals surface area contributed by atoms with Crippen LogP contribution in [0, 0.1) is 34.6 Å². The first-order valence-corrected chi connectivity index (χ1v) is 28.1. The number of esters is 2. The molecule has 0 saturated heterocycles. The molecule has 0 aliphatic carbocycles. The number of carbonyl (C=O) groups excluding carboxylic acids is 2. The van der Waals surface area contributed by atoms with E-state index >= 15 is 0 Å². The number of rotatable bonds is 10. The van der Waals surface area contributed by atoms with Crippen LogP contribution in [0.25, 0.3) is 44.1 Å². The third-order valence-electron chi connectivity index (χ3n) is 9.78. The van der Waals surface area contributed by atoms with Crippen molar-refractivity contribution < 1.29 is 37.3 Å². The molecule has 0 amide bonds. The van der Waals surface area contributed by atoms with Crippen molar-refractivity contribution in [3.63, 3.8) is 0 Å². The van der Waals surface area contributed by atoms with Crippen molar-refractivity contribution in [3.05, 3.63) is 131 Å². The van der Waals surface area contributed by atoms with Gasteiger partial charge in [-0.2, -0.15) is 0 Å². The Morgan fingerprint density at radius 1 is 0.692 bits per heavy atom. The van der Waals surface area contributed by atoms with E-state index < -0.39 is 39.7 Å². The number of aromatic amines is 1. The Kier molecular flexibility index (Phi) is 14.8. The van der Waals surface area contributed by atoms with Crippen LogP contribution in [0.5, 0.6) is 11.8 Å². The van der Waals surface area contributed by atoms with Crippen molar-refractivity contribution in [3.8, 4) is 56.9 Å². The third-order valence-corrected chi connectivity index (χ3v) is 11.5. The average Bonchev–Trinajstić information content (AvgIpc) is 3.81. The Balaban J connectivity index is 0.000000224. The summed E-state index contributed by atoms with van der Waals surface area (Å²) in [5.41, 5.74) is 13.2. The molecule has 0 aliphatic heterocycles. The van der Waals surface area contributed by atoms with Crippen LogP contribution in [-0.4, -0.2) is 75.0 Å².